The summed E-state index contributed by atoms with van der Waals surface area (Å²) in [6.45, 7) is 0. The van der Waals surface area contributed by atoms with Gasteiger partial charge in [-0.2, -0.15) is 4.39 Å². The number of aromatic carboxylic acids is 1. The van der Waals surface area contributed by atoms with Crippen molar-refractivity contribution in [1.82, 2.24) is 4.57 Å². The average Bonchev–Trinajstić information content (AvgIpc) is 3.31. The molecule has 0 amide bonds. The summed E-state index contributed by atoms with van der Waals surface area (Å²) in [5.41, 5.74) is -1.28. The Morgan fingerprint density at radius 2 is 2.04 bits per heavy atom. The highest BCUT2D eigenvalue weighted by molar-refractivity contribution is 6.32. The third-order valence-electron chi connectivity index (χ3n) is 3.73. The van der Waals surface area contributed by atoms with Gasteiger partial charge < -0.3 is 15.0 Å². The Bertz CT molecular complexity index is 863. The molecule has 2 N–H and O–H groups in total. The molecule has 118 valence electrons. The molecule has 1 aliphatic rings. The molecule has 0 saturated heterocycles. The molecule has 1 saturated carbocycles. The van der Waals surface area contributed by atoms with Crippen LogP contribution in [0.25, 0.3) is 0 Å². The van der Waals surface area contributed by atoms with Gasteiger partial charge in [-0.1, -0.05) is 11.5 Å². The number of aromatic nitrogens is 1. The lowest BCUT2D eigenvalue weighted by Gasteiger charge is -2.14. The maximum Gasteiger partial charge on any atom is 0.339 e. The van der Waals surface area contributed by atoms with Gasteiger partial charge in [-0.25, -0.2) is 9.18 Å². The van der Waals surface area contributed by atoms with Crippen LogP contribution in [0.3, 0.4) is 0 Å². The van der Waals surface area contributed by atoms with E-state index in [0.717, 1.165) is 10.8 Å². The van der Waals surface area contributed by atoms with E-state index in [9.17, 15) is 23.5 Å². The van der Waals surface area contributed by atoms with Gasteiger partial charge in [-0.15, -0.1) is 0 Å². The van der Waals surface area contributed by atoms with E-state index in [1.54, 1.807) is 13.9 Å². The van der Waals surface area contributed by atoms with E-state index in [1.165, 1.54) is 12.1 Å². The van der Waals surface area contributed by atoms with Crippen molar-refractivity contribution in [3.8, 4) is 0 Å². The molecule has 8 heteroatoms. The number of halogens is 2. The summed E-state index contributed by atoms with van der Waals surface area (Å²) in [6.07, 6.45) is 2.52. The van der Waals surface area contributed by atoms with Gasteiger partial charge in [0.2, 0.25) is 5.82 Å². The summed E-state index contributed by atoms with van der Waals surface area (Å²) < 4.78 is 29.4. The quantitative estimate of drug-likeness (QED) is 0.830. The van der Waals surface area contributed by atoms with Crippen LogP contribution >= 0.6 is 0 Å². The Hall–Kier alpha value is -2.64. The second kappa shape index (κ2) is 5.53. The van der Waals surface area contributed by atoms with E-state index in [1.807, 2.05) is 0 Å². The smallest absolute Gasteiger partial charge is 0.339 e. The van der Waals surface area contributed by atoms with Crippen LogP contribution in [0.1, 0.15) is 29.2 Å². The summed E-state index contributed by atoms with van der Waals surface area (Å²) in [5.74, 6) is -3.28. The van der Waals surface area contributed by atoms with Crippen LogP contribution in [0.4, 0.5) is 20.2 Å². The Labute approximate surface area is 131 Å². The second-order valence-electron chi connectivity index (χ2n) is 5.59. The zero-order valence-corrected chi connectivity index (χ0v) is 12.3. The third kappa shape index (κ3) is 2.84. The number of benzene rings is 1. The number of pyridine rings is 1. The van der Waals surface area contributed by atoms with Crippen molar-refractivity contribution in [2.75, 3.05) is 5.32 Å². The zero-order valence-electron chi connectivity index (χ0n) is 12.3. The molecule has 0 radical (unpaired) electrons. The number of carbonyl (C=O) groups is 1. The highest BCUT2D eigenvalue weighted by Gasteiger charge is 2.29. The number of rotatable bonds is 4. The van der Waals surface area contributed by atoms with Gasteiger partial charge in [-0.3, -0.25) is 4.79 Å². The summed E-state index contributed by atoms with van der Waals surface area (Å²) >= 11 is 0. The van der Waals surface area contributed by atoms with Crippen LogP contribution in [-0.4, -0.2) is 23.5 Å². The first-order valence-electron chi connectivity index (χ1n) is 7.09. The number of hydrogen-bond donors (Lipinski definition) is 2. The van der Waals surface area contributed by atoms with Crippen LogP contribution in [0.15, 0.2) is 29.2 Å². The van der Waals surface area contributed by atoms with Crippen molar-refractivity contribution >= 4 is 30.7 Å². The fourth-order valence-corrected chi connectivity index (χ4v) is 2.37. The van der Waals surface area contributed by atoms with Crippen molar-refractivity contribution in [1.29, 1.82) is 0 Å². The van der Waals surface area contributed by atoms with Crippen LogP contribution in [0.5, 0.6) is 0 Å². The topological polar surface area (TPSA) is 71.3 Å². The number of carboxylic acid groups (broad SMARTS) is 1. The molecule has 3 rings (SSSR count). The molecule has 1 aliphatic carbocycles. The first-order valence-corrected chi connectivity index (χ1v) is 7.09. The number of anilines is 2. The third-order valence-corrected chi connectivity index (χ3v) is 3.73. The Kier molecular flexibility index (Phi) is 3.67. The van der Waals surface area contributed by atoms with E-state index in [4.69, 9.17) is 0 Å². The van der Waals surface area contributed by atoms with E-state index < -0.39 is 34.4 Å². The van der Waals surface area contributed by atoms with Gasteiger partial charge >= 0.3 is 5.97 Å². The average molecular weight is 318 g/mol. The highest BCUT2D eigenvalue weighted by Crippen LogP contribution is 2.35. The number of carboxylic acids is 1. The van der Waals surface area contributed by atoms with Crippen molar-refractivity contribution in [2.24, 2.45) is 0 Å². The fourth-order valence-electron chi connectivity index (χ4n) is 2.37. The summed E-state index contributed by atoms with van der Waals surface area (Å²) in [7, 11) is 1.69. The van der Waals surface area contributed by atoms with Crippen molar-refractivity contribution in [3.05, 3.63) is 51.9 Å². The lowest BCUT2D eigenvalue weighted by Crippen LogP contribution is -2.26. The zero-order chi connectivity index (χ0) is 16.7. The van der Waals surface area contributed by atoms with Gasteiger partial charge in [0.05, 0.1) is 11.4 Å². The maximum absolute atomic E-state index is 14.4. The van der Waals surface area contributed by atoms with Gasteiger partial charge in [0.15, 0.2) is 0 Å². The van der Waals surface area contributed by atoms with E-state index in [0.29, 0.717) is 18.3 Å². The maximum atomic E-state index is 14.4. The van der Waals surface area contributed by atoms with Gasteiger partial charge in [0.25, 0.3) is 5.56 Å². The lowest BCUT2D eigenvalue weighted by atomic mass is 9.96. The molecule has 1 heterocycles. The Balaban J connectivity index is 2.12. The minimum Gasteiger partial charge on any atom is -0.478 e. The van der Waals surface area contributed by atoms with Crippen LogP contribution in [0, 0.1) is 11.6 Å². The molecule has 0 bridgehead atoms. The predicted molar refractivity (Wildman–Crippen MR) is 83.8 cm³/mol. The van der Waals surface area contributed by atoms with Crippen molar-refractivity contribution in [3.63, 3.8) is 0 Å². The molecule has 2 aromatic rings. The van der Waals surface area contributed by atoms with Gasteiger partial charge in [0.1, 0.15) is 19.2 Å². The SMILES string of the molecule is Bc1ccc(Nc2c(C(=O)O)cn(C3CC3)c(=O)c2F)c(F)c1. The minimum absolute atomic E-state index is 0.0967. The Morgan fingerprint density at radius 3 is 2.61 bits per heavy atom. The van der Waals surface area contributed by atoms with Crippen molar-refractivity contribution in [2.45, 2.75) is 18.9 Å². The molecular weight excluding hydrogens is 305 g/mol. The summed E-state index contributed by atoms with van der Waals surface area (Å²) in [6, 6.07) is 4.02. The highest BCUT2D eigenvalue weighted by atomic mass is 19.1. The molecule has 0 spiro atoms. The van der Waals surface area contributed by atoms with Crippen LogP contribution in [-0.2, 0) is 0 Å². The molecule has 0 unspecified atom stereocenters. The standard InChI is InChI=1S/C15H13BF2N2O3/c16-7-1-4-11(10(17)5-7)19-13-9(15(22)23)6-20(8-2-3-8)14(21)12(13)18/h1,4-6,8,19H,2-3,16H2,(H,22,23). The fraction of sp³-hybridized carbons (Fsp3) is 0.200. The summed E-state index contributed by atoms with van der Waals surface area (Å²) in [4.78, 5) is 23.4. The van der Waals surface area contributed by atoms with E-state index in [-0.39, 0.29) is 11.7 Å². The van der Waals surface area contributed by atoms with Crippen LogP contribution in [0.2, 0.25) is 0 Å². The molecular formula is C15H13BF2N2O3. The first kappa shape index (κ1) is 15.3. The molecule has 1 fully saturated rings. The second-order valence-corrected chi connectivity index (χ2v) is 5.59. The van der Waals surface area contributed by atoms with Crippen molar-refractivity contribution < 1.29 is 18.7 Å². The largest absolute Gasteiger partial charge is 0.478 e. The molecule has 0 aliphatic heterocycles. The predicted octanol–water partition coefficient (Wildman–Crippen LogP) is 1.16. The summed E-state index contributed by atoms with van der Waals surface area (Å²) in [5, 5.41) is 11.7. The molecule has 0 atom stereocenters. The number of nitrogens with one attached hydrogen (secondary N) is 1. The monoisotopic (exact) mass is 318 g/mol. The van der Waals surface area contributed by atoms with E-state index >= 15 is 0 Å². The molecule has 5 nitrogen and oxygen atoms in total. The minimum atomic E-state index is -1.40. The first-order chi connectivity index (χ1) is 10.9. The van der Waals surface area contributed by atoms with Crippen LogP contribution < -0.4 is 16.3 Å². The Morgan fingerprint density at radius 1 is 1.35 bits per heavy atom. The molecule has 1 aromatic carbocycles. The molecule has 1 aromatic heterocycles. The lowest BCUT2D eigenvalue weighted by molar-refractivity contribution is 0.0696. The number of hydrogen-bond acceptors (Lipinski definition) is 3. The normalized spacial score (nSPS) is 13.8. The van der Waals surface area contributed by atoms with Gasteiger partial charge in [0, 0.05) is 12.2 Å². The molecule has 23 heavy (non-hydrogen) atoms. The van der Waals surface area contributed by atoms with E-state index in [2.05, 4.69) is 5.32 Å². The van der Waals surface area contributed by atoms with Gasteiger partial charge in [-0.05, 0) is 25.0 Å². The number of nitrogens with zero attached hydrogens (tertiary/aromatic N) is 1.